The number of unbranched alkanes of at least 4 members (excludes halogenated alkanes) is 1. The average molecular weight is 378 g/mol. The van der Waals surface area contributed by atoms with Crippen LogP contribution in [0.15, 0.2) is 52.3 Å². The van der Waals surface area contributed by atoms with Crippen molar-refractivity contribution in [2.24, 2.45) is 0 Å². The van der Waals surface area contributed by atoms with Gasteiger partial charge in [-0.15, -0.1) is 0 Å². The Balaban J connectivity index is 2.44. The molecule has 0 atom stereocenters. The molecule has 26 heavy (non-hydrogen) atoms. The number of benzene rings is 2. The summed E-state index contributed by atoms with van der Waals surface area (Å²) in [4.78, 5) is 22.0. The van der Waals surface area contributed by atoms with E-state index in [9.17, 15) is 18.0 Å². The Morgan fingerprint density at radius 1 is 0.962 bits per heavy atom. The van der Waals surface area contributed by atoms with Crippen LogP contribution >= 0.6 is 0 Å². The Morgan fingerprint density at radius 3 is 2.23 bits per heavy atom. The number of sulfone groups is 1. The van der Waals surface area contributed by atoms with Crippen molar-refractivity contribution in [3.8, 4) is 5.75 Å². The van der Waals surface area contributed by atoms with E-state index in [4.69, 9.17) is 14.9 Å². The summed E-state index contributed by atoms with van der Waals surface area (Å²) in [6.45, 7) is 2.46. The van der Waals surface area contributed by atoms with E-state index in [0.717, 1.165) is 31.0 Å². The van der Waals surface area contributed by atoms with E-state index in [1.54, 1.807) is 6.07 Å². The second kappa shape index (κ2) is 8.01. The van der Waals surface area contributed by atoms with Crippen molar-refractivity contribution < 1.29 is 33.0 Å². The Labute approximate surface area is 150 Å². The highest BCUT2D eigenvalue weighted by molar-refractivity contribution is 7.91. The fraction of sp³-hybridized carbons (Fsp3) is 0.222. The first-order chi connectivity index (χ1) is 12.3. The summed E-state index contributed by atoms with van der Waals surface area (Å²) >= 11 is 0. The summed E-state index contributed by atoms with van der Waals surface area (Å²) in [6, 6.07) is 8.79. The van der Waals surface area contributed by atoms with E-state index in [-0.39, 0.29) is 9.79 Å². The van der Waals surface area contributed by atoms with Crippen molar-refractivity contribution >= 4 is 21.8 Å². The predicted molar refractivity (Wildman–Crippen MR) is 92.7 cm³/mol. The summed E-state index contributed by atoms with van der Waals surface area (Å²) < 4.78 is 31.0. The van der Waals surface area contributed by atoms with Crippen LogP contribution < -0.4 is 4.74 Å². The van der Waals surface area contributed by atoms with Gasteiger partial charge in [-0.3, -0.25) is 0 Å². The predicted octanol–water partition coefficient (Wildman–Crippen LogP) is 3.09. The maximum absolute atomic E-state index is 12.8. The minimum atomic E-state index is -4.03. The van der Waals surface area contributed by atoms with Gasteiger partial charge in [0.05, 0.1) is 27.5 Å². The highest BCUT2D eigenvalue weighted by Crippen LogP contribution is 2.26. The van der Waals surface area contributed by atoms with E-state index < -0.39 is 32.9 Å². The van der Waals surface area contributed by atoms with Gasteiger partial charge < -0.3 is 14.9 Å². The molecule has 2 rings (SSSR count). The van der Waals surface area contributed by atoms with Crippen LogP contribution in [0.1, 0.15) is 40.5 Å². The fourth-order valence-corrected chi connectivity index (χ4v) is 3.58. The molecule has 0 fully saturated rings. The molecular formula is C18H18O7S. The van der Waals surface area contributed by atoms with Gasteiger partial charge in [0.1, 0.15) is 5.75 Å². The van der Waals surface area contributed by atoms with Crippen LogP contribution in [-0.2, 0) is 9.84 Å². The first-order valence-electron chi connectivity index (χ1n) is 7.86. The van der Waals surface area contributed by atoms with Crippen molar-refractivity contribution in [1.82, 2.24) is 0 Å². The molecule has 0 saturated heterocycles. The monoisotopic (exact) mass is 378 g/mol. The SMILES string of the molecule is CCCCOc1cccc(S(=O)(=O)c2ccc(C(=O)O)c(C(=O)O)c2)c1. The molecule has 0 aromatic heterocycles. The Hall–Kier alpha value is -2.87. The zero-order valence-corrected chi connectivity index (χ0v) is 14.8. The van der Waals surface area contributed by atoms with E-state index >= 15 is 0 Å². The molecule has 138 valence electrons. The molecule has 2 N–H and O–H groups in total. The quantitative estimate of drug-likeness (QED) is 0.678. The molecule has 0 amide bonds. The van der Waals surface area contributed by atoms with Crippen LogP contribution in [0.4, 0.5) is 0 Å². The third-order valence-corrected chi connectivity index (χ3v) is 5.39. The highest BCUT2D eigenvalue weighted by atomic mass is 32.2. The number of carboxylic acid groups (broad SMARTS) is 2. The lowest BCUT2D eigenvalue weighted by Crippen LogP contribution is -2.11. The number of hydrogen-bond donors (Lipinski definition) is 2. The maximum atomic E-state index is 12.8. The Morgan fingerprint density at radius 2 is 1.62 bits per heavy atom. The molecule has 2 aromatic rings. The lowest BCUT2D eigenvalue weighted by atomic mass is 10.1. The maximum Gasteiger partial charge on any atom is 0.336 e. The van der Waals surface area contributed by atoms with Crippen molar-refractivity contribution in [2.75, 3.05) is 6.61 Å². The van der Waals surface area contributed by atoms with Crippen LogP contribution in [0.2, 0.25) is 0 Å². The van der Waals surface area contributed by atoms with Gasteiger partial charge in [0.25, 0.3) is 0 Å². The smallest absolute Gasteiger partial charge is 0.336 e. The summed E-state index contributed by atoms with van der Waals surface area (Å²) in [5.74, 6) is -2.58. The van der Waals surface area contributed by atoms with Gasteiger partial charge in [0, 0.05) is 0 Å². The number of hydrogen-bond acceptors (Lipinski definition) is 5. The normalized spacial score (nSPS) is 11.1. The molecule has 0 aliphatic heterocycles. The Bertz CT molecular complexity index is 932. The molecule has 7 nitrogen and oxygen atoms in total. The molecular weight excluding hydrogens is 360 g/mol. The molecule has 0 aliphatic carbocycles. The topological polar surface area (TPSA) is 118 Å². The van der Waals surface area contributed by atoms with Crippen LogP contribution in [-0.4, -0.2) is 37.2 Å². The zero-order valence-electron chi connectivity index (χ0n) is 14.0. The summed E-state index contributed by atoms with van der Waals surface area (Å²) in [7, 11) is -4.03. The first kappa shape index (κ1) is 19.5. The van der Waals surface area contributed by atoms with Crippen molar-refractivity contribution in [1.29, 1.82) is 0 Å². The molecule has 2 aromatic carbocycles. The van der Waals surface area contributed by atoms with Crippen LogP contribution in [0, 0.1) is 0 Å². The average Bonchev–Trinajstić information content (AvgIpc) is 2.61. The van der Waals surface area contributed by atoms with E-state index in [0.29, 0.717) is 12.4 Å². The van der Waals surface area contributed by atoms with E-state index in [1.807, 2.05) is 6.92 Å². The third kappa shape index (κ3) is 4.20. The molecule has 0 spiro atoms. The standard InChI is InChI=1S/C18H18O7S/c1-2-3-9-25-12-5-4-6-13(10-12)26(23,24)14-7-8-15(17(19)20)16(11-14)18(21)22/h4-8,10-11H,2-3,9H2,1H3,(H,19,20)(H,21,22). The van der Waals surface area contributed by atoms with Crippen molar-refractivity contribution in [2.45, 2.75) is 29.6 Å². The van der Waals surface area contributed by atoms with Gasteiger partial charge in [-0.1, -0.05) is 19.4 Å². The lowest BCUT2D eigenvalue weighted by Gasteiger charge is -2.10. The minimum Gasteiger partial charge on any atom is -0.494 e. The van der Waals surface area contributed by atoms with Gasteiger partial charge in [-0.2, -0.15) is 0 Å². The molecule has 0 unspecified atom stereocenters. The number of carbonyl (C=O) groups is 2. The lowest BCUT2D eigenvalue weighted by molar-refractivity contribution is 0.0651. The zero-order chi connectivity index (χ0) is 19.3. The molecule has 8 heteroatoms. The van der Waals surface area contributed by atoms with Crippen molar-refractivity contribution in [3.63, 3.8) is 0 Å². The Kier molecular flexibility index (Phi) is 5.99. The van der Waals surface area contributed by atoms with E-state index in [2.05, 4.69) is 0 Å². The molecule has 0 saturated carbocycles. The molecule has 0 radical (unpaired) electrons. The molecule has 0 bridgehead atoms. The second-order valence-corrected chi connectivity index (χ2v) is 7.45. The molecule has 0 heterocycles. The van der Waals surface area contributed by atoms with Gasteiger partial charge in [-0.25, -0.2) is 18.0 Å². The van der Waals surface area contributed by atoms with Crippen molar-refractivity contribution in [3.05, 3.63) is 53.6 Å². The van der Waals surface area contributed by atoms with Crippen LogP contribution in [0.25, 0.3) is 0 Å². The van der Waals surface area contributed by atoms with Gasteiger partial charge in [0.2, 0.25) is 9.84 Å². The van der Waals surface area contributed by atoms with Gasteiger partial charge in [-0.05, 0) is 42.8 Å². The number of aromatic carboxylic acids is 2. The number of carboxylic acids is 2. The first-order valence-corrected chi connectivity index (χ1v) is 9.34. The van der Waals surface area contributed by atoms with Gasteiger partial charge in [0.15, 0.2) is 0 Å². The summed E-state index contributed by atoms with van der Waals surface area (Å²) in [6.07, 6.45) is 1.77. The number of ether oxygens (including phenoxy) is 1. The minimum absolute atomic E-state index is 0.0640. The summed E-state index contributed by atoms with van der Waals surface area (Å²) in [5, 5.41) is 18.2. The number of rotatable bonds is 8. The van der Waals surface area contributed by atoms with Gasteiger partial charge >= 0.3 is 11.9 Å². The fourth-order valence-electron chi connectivity index (χ4n) is 2.26. The summed E-state index contributed by atoms with van der Waals surface area (Å²) in [5.41, 5.74) is -1.07. The van der Waals surface area contributed by atoms with Crippen LogP contribution in [0.3, 0.4) is 0 Å². The third-order valence-electron chi connectivity index (χ3n) is 3.64. The largest absolute Gasteiger partial charge is 0.494 e. The van der Waals surface area contributed by atoms with Crippen LogP contribution in [0.5, 0.6) is 5.75 Å². The second-order valence-electron chi connectivity index (χ2n) is 5.50. The van der Waals surface area contributed by atoms with E-state index in [1.165, 1.54) is 18.2 Å². The molecule has 0 aliphatic rings. The highest BCUT2D eigenvalue weighted by Gasteiger charge is 2.23.